The van der Waals surface area contributed by atoms with Crippen LogP contribution < -0.4 is 21.7 Å². The van der Waals surface area contributed by atoms with Crippen LogP contribution in [0.1, 0.15) is 12.8 Å². The maximum atomic E-state index is 10.6. The molecule has 1 aromatic rings. The van der Waals surface area contributed by atoms with E-state index in [1.165, 1.54) is 12.8 Å². The zero-order valence-corrected chi connectivity index (χ0v) is 9.70. The molecular weight excluding hydrogens is 216 g/mol. The number of anilines is 2. The van der Waals surface area contributed by atoms with Crippen LogP contribution in [-0.2, 0) is 0 Å². The van der Waals surface area contributed by atoms with Gasteiger partial charge in [-0.05, 0) is 43.7 Å². The molecule has 5 heteroatoms. The predicted molar refractivity (Wildman–Crippen MR) is 69.2 cm³/mol. The van der Waals surface area contributed by atoms with Crippen molar-refractivity contribution in [1.82, 2.24) is 5.32 Å². The molecule has 1 unspecified atom stereocenters. The van der Waals surface area contributed by atoms with Gasteiger partial charge in [0.2, 0.25) is 0 Å². The van der Waals surface area contributed by atoms with Crippen LogP contribution in [0.3, 0.4) is 0 Å². The van der Waals surface area contributed by atoms with Crippen molar-refractivity contribution in [2.75, 3.05) is 23.7 Å². The number of rotatable bonds is 4. The highest BCUT2D eigenvalue weighted by Crippen LogP contribution is 2.14. The number of primary amides is 1. The lowest BCUT2D eigenvalue weighted by Crippen LogP contribution is -2.29. The Bertz CT molecular complexity index is 371. The van der Waals surface area contributed by atoms with Gasteiger partial charge >= 0.3 is 6.03 Å². The Morgan fingerprint density at radius 2 is 2.06 bits per heavy atom. The Morgan fingerprint density at radius 1 is 1.35 bits per heavy atom. The maximum absolute atomic E-state index is 10.6. The van der Waals surface area contributed by atoms with Crippen LogP contribution in [0.15, 0.2) is 24.3 Å². The van der Waals surface area contributed by atoms with Gasteiger partial charge in [-0.3, -0.25) is 0 Å². The van der Waals surface area contributed by atoms with Crippen LogP contribution in [0, 0.1) is 0 Å². The zero-order valence-electron chi connectivity index (χ0n) is 9.70. The molecule has 0 aliphatic carbocycles. The van der Waals surface area contributed by atoms with Crippen LogP contribution in [0.25, 0.3) is 0 Å². The number of nitrogens with two attached hydrogens (primary N) is 1. The van der Waals surface area contributed by atoms with Crippen molar-refractivity contribution in [2.24, 2.45) is 5.73 Å². The van der Waals surface area contributed by atoms with Gasteiger partial charge in [0, 0.05) is 24.0 Å². The Morgan fingerprint density at radius 3 is 2.65 bits per heavy atom. The van der Waals surface area contributed by atoms with Crippen molar-refractivity contribution >= 4 is 17.4 Å². The van der Waals surface area contributed by atoms with Crippen molar-refractivity contribution in [1.29, 1.82) is 0 Å². The molecule has 1 aliphatic heterocycles. The zero-order chi connectivity index (χ0) is 12.1. The molecule has 92 valence electrons. The lowest BCUT2D eigenvalue weighted by atomic mass is 10.2. The molecule has 1 aliphatic rings. The first kappa shape index (κ1) is 11.7. The minimum Gasteiger partial charge on any atom is -0.383 e. The molecule has 1 aromatic carbocycles. The maximum Gasteiger partial charge on any atom is 0.316 e. The first-order valence-corrected chi connectivity index (χ1v) is 5.88. The SMILES string of the molecule is NC(=O)Nc1ccc(NCC2CCCN2)cc1. The van der Waals surface area contributed by atoms with Crippen molar-refractivity contribution in [2.45, 2.75) is 18.9 Å². The summed E-state index contributed by atoms with van der Waals surface area (Å²) in [5.41, 5.74) is 6.79. The summed E-state index contributed by atoms with van der Waals surface area (Å²) < 4.78 is 0. The average molecular weight is 234 g/mol. The van der Waals surface area contributed by atoms with Crippen molar-refractivity contribution in [3.8, 4) is 0 Å². The van der Waals surface area contributed by atoms with Gasteiger partial charge in [-0.1, -0.05) is 0 Å². The van der Waals surface area contributed by atoms with Gasteiger partial charge in [0.05, 0.1) is 0 Å². The Balaban J connectivity index is 1.82. The molecule has 0 saturated carbocycles. The summed E-state index contributed by atoms with van der Waals surface area (Å²) in [6, 6.07) is 7.55. The lowest BCUT2D eigenvalue weighted by Gasteiger charge is -2.12. The van der Waals surface area contributed by atoms with Crippen LogP contribution in [0.5, 0.6) is 0 Å². The van der Waals surface area contributed by atoms with Gasteiger partial charge in [0.15, 0.2) is 0 Å². The second kappa shape index (κ2) is 5.54. The smallest absolute Gasteiger partial charge is 0.316 e. The highest BCUT2D eigenvalue weighted by molar-refractivity contribution is 5.87. The number of carbonyl (C=O) groups is 1. The van der Waals surface area contributed by atoms with E-state index in [9.17, 15) is 4.79 Å². The van der Waals surface area contributed by atoms with Crippen LogP contribution in [0.2, 0.25) is 0 Å². The molecule has 5 N–H and O–H groups in total. The molecule has 1 atom stereocenters. The summed E-state index contributed by atoms with van der Waals surface area (Å²) in [6.07, 6.45) is 2.49. The van der Waals surface area contributed by atoms with Crippen molar-refractivity contribution < 1.29 is 4.79 Å². The number of hydrogen-bond donors (Lipinski definition) is 4. The standard InChI is InChI=1S/C12H18N4O/c13-12(17)16-10-5-3-9(4-6-10)15-8-11-2-1-7-14-11/h3-6,11,14-15H,1-2,7-8H2,(H3,13,16,17). The third kappa shape index (κ3) is 3.64. The first-order chi connectivity index (χ1) is 8.24. The van der Waals surface area contributed by atoms with E-state index in [0.29, 0.717) is 11.7 Å². The monoisotopic (exact) mass is 234 g/mol. The summed E-state index contributed by atoms with van der Waals surface area (Å²) >= 11 is 0. The van der Waals surface area contributed by atoms with Crippen LogP contribution >= 0.6 is 0 Å². The topological polar surface area (TPSA) is 79.2 Å². The molecule has 0 bridgehead atoms. The van der Waals surface area contributed by atoms with Gasteiger partial charge in [-0.25, -0.2) is 4.79 Å². The van der Waals surface area contributed by atoms with E-state index in [0.717, 1.165) is 18.8 Å². The molecule has 1 fully saturated rings. The van der Waals surface area contributed by atoms with E-state index in [1.54, 1.807) is 0 Å². The third-order valence-electron chi connectivity index (χ3n) is 2.87. The minimum absolute atomic E-state index is 0.541. The highest BCUT2D eigenvalue weighted by Gasteiger charge is 2.12. The quantitative estimate of drug-likeness (QED) is 0.635. The number of carbonyl (C=O) groups excluding carboxylic acids is 1. The van der Waals surface area contributed by atoms with Gasteiger partial charge in [0.25, 0.3) is 0 Å². The van der Waals surface area contributed by atoms with Gasteiger partial charge in [-0.2, -0.15) is 0 Å². The second-order valence-corrected chi connectivity index (χ2v) is 4.24. The molecule has 2 rings (SSSR count). The molecule has 2 amide bonds. The largest absolute Gasteiger partial charge is 0.383 e. The number of nitrogens with one attached hydrogen (secondary N) is 3. The van der Waals surface area contributed by atoms with E-state index in [4.69, 9.17) is 5.73 Å². The van der Waals surface area contributed by atoms with Gasteiger partial charge in [-0.15, -0.1) is 0 Å². The summed E-state index contributed by atoms with van der Waals surface area (Å²) in [5, 5.41) is 9.32. The molecule has 1 heterocycles. The fourth-order valence-corrected chi connectivity index (χ4v) is 1.99. The predicted octanol–water partition coefficient (Wildman–Crippen LogP) is 1.34. The summed E-state index contributed by atoms with van der Waals surface area (Å²) in [7, 11) is 0. The van der Waals surface area contributed by atoms with Gasteiger partial charge in [0.1, 0.15) is 0 Å². The van der Waals surface area contributed by atoms with Crippen LogP contribution in [-0.4, -0.2) is 25.2 Å². The van der Waals surface area contributed by atoms with Crippen molar-refractivity contribution in [3.05, 3.63) is 24.3 Å². The van der Waals surface area contributed by atoms with E-state index in [2.05, 4.69) is 16.0 Å². The third-order valence-corrected chi connectivity index (χ3v) is 2.87. The first-order valence-electron chi connectivity index (χ1n) is 5.88. The summed E-state index contributed by atoms with van der Waals surface area (Å²) in [4.78, 5) is 10.6. The van der Waals surface area contributed by atoms with E-state index in [-0.39, 0.29) is 0 Å². The molecule has 17 heavy (non-hydrogen) atoms. The Labute approximate surface area is 101 Å². The number of hydrogen-bond acceptors (Lipinski definition) is 3. The van der Waals surface area contributed by atoms with E-state index in [1.807, 2.05) is 24.3 Å². The molecule has 1 saturated heterocycles. The highest BCUT2D eigenvalue weighted by atomic mass is 16.2. The normalized spacial score (nSPS) is 18.9. The van der Waals surface area contributed by atoms with E-state index >= 15 is 0 Å². The molecule has 0 radical (unpaired) electrons. The number of amides is 2. The Kier molecular flexibility index (Phi) is 3.82. The molecule has 5 nitrogen and oxygen atoms in total. The average Bonchev–Trinajstić information content (AvgIpc) is 2.80. The molecular formula is C12H18N4O. The summed E-state index contributed by atoms with van der Waals surface area (Å²) in [5.74, 6) is 0. The molecule has 0 spiro atoms. The number of benzene rings is 1. The number of urea groups is 1. The van der Waals surface area contributed by atoms with E-state index < -0.39 is 6.03 Å². The fraction of sp³-hybridized carbons (Fsp3) is 0.417. The second-order valence-electron chi connectivity index (χ2n) is 4.24. The van der Waals surface area contributed by atoms with Gasteiger partial charge < -0.3 is 21.7 Å². The lowest BCUT2D eigenvalue weighted by molar-refractivity contribution is 0.259. The molecule has 0 aromatic heterocycles. The van der Waals surface area contributed by atoms with Crippen LogP contribution in [0.4, 0.5) is 16.2 Å². The Hall–Kier alpha value is -1.75. The summed E-state index contributed by atoms with van der Waals surface area (Å²) in [6.45, 7) is 2.05. The van der Waals surface area contributed by atoms with Crippen molar-refractivity contribution in [3.63, 3.8) is 0 Å². The fourth-order valence-electron chi connectivity index (χ4n) is 1.99. The minimum atomic E-state index is -0.541.